The van der Waals surface area contributed by atoms with Gasteiger partial charge < -0.3 is 20.9 Å². The molecule has 0 aliphatic carbocycles. The number of carbonyl (C=O) groups is 1. The maximum atomic E-state index is 12.1. The first kappa shape index (κ1) is 24.3. The zero-order valence-electron chi connectivity index (χ0n) is 19.4. The van der Waals surface area contributed by atoms with Crippen LogP contribution in [0.4, 0.5) is 23.3 Å². The Morgan fingerprint density at radius 1 is 1.15 bits per heavy atom. The van der Waals surface area contributed by atoms with E-state index in [2.05, 4.69) is 42.2 Å². The summed E-state index contributed by atoms with van der Waals surface area (Å²) < 4.78 is 0. The van der Waals surface area contributed by atoms with Gasteiger partial charge in [0.25, 0.3) is 0 Å². The SMILES string of the molecule is CNCC(=O)N1CCC(c2cc(C)c(Nc3ncc(Cl)c(Nc4cc(C)[nH]n4)n3)cc2Cl)CC1. The normalized spacial score (nSPS) is 14.3. The van der Waals surface area contributed by atoms with Crippen LogP contribution < -0.4 is 16.0 Å². The van der Waals surface area contributed by atoms with Gasteiger partial charge in [-0.05, 0) is 56.8 Å². The minimum atomic E-state index is 0.141. The Hall–Kier alpha value is -2.88. The van der Waals surface area contributed by atoms with Gasteiger partial charge >= 0.3 is 0 Å². The number of nitrogens with zero attached hydrogens (tertiary/aromatic N) is 4. The fraction of sp³-hybridized carbons (Fsp3) is 0.391. The van der Waals surface area contributed by atoms with Gasteiger partial charge in [0.15, 0.2) is 11.6 Å². The van der Waals surface area contributed by atoms with Crippen LogP contribution in [0.2, 0.25) is 10.0 Å². The fourth-order valence-electron chi connectivity index (χ4n) is 4.09. The van der Waals surface area contributed by atoms with Crippen LogP contribution in [0.3, 0.4) is 0 Å². The monoisotopic (exact) mass is 502 g/mol. The molecule has 3 aromatic rings. The number of amides is 1. The molecule has 1 aromatic carbocycles. The summed E-state index contributed by atoms with van der Waals surface area (Å²) in [6, 6.07) is 5.88. The number of aromatic amines is 1. The molecule has 1 aliphatic heterocycles. The molecular weight excluding hydrogens is 475 g/mol. The van der Waals surface area contributed by atoms with E-state index in [1.807, 2.05) is 30.9 Å². The molecule has 1 fully saturated rings. The minimum Gasteiger partial charge on any atom is -0.342 e. The number of likely N-dealkylation sites (N-methyl/N-ethyl adjacent to an activating group) is 1. The van der Waals surface area contributed by atoms with E-state index >= 15 is 0 Å². The lowest BCUT2D eigenvalue weighted by Crippen LogP contribution is -2.41. The van der Waals surface area contributed by atoms with Crippen molar-refractivity contribution in [2.75, 3.05) is 37.3 Å². The van der Waals surface area contributed by atoms with Crippen LogP contribution in [-0.2, 0) is 4.79 Å². The number of piperidine rings is 1. The van der Waals surface area contributed by atoms with Gasteiger partial charge in [-0.15, -0.1) is 0 Å². The molecule has 11 heteroatoms. The largest absolute Gasteiger partial charge is 0.342 e. The van der Waals surface area contributed by atoms with Crippen LogP contribution >= 0.6 is 23.2 Å². The first-order chi connectivity index (χ1) is 16.3. The molecular formula is C23H28Cl2N8O. The number of halogens is 2. The summed E-state index contributed by atoms with van der Waals surface area (Å²) in [4.78, 5) is 22.8. The van der Waals surface area contributed by atoms with Gasteiger partial charge in [0.05, 0.1) is 12.7 Å². The van der Waals surface area contributed by atoms with Crippen molar-refractivity contribution >= 4 is 52.4 Å². The molecule has 180 valence electrons. The van der Waals surface area contributed by atoms with E-state index in [-0.39, 0.29) is 5.91 Å². The highest BCUT2D eigenvalue weighted by Crippen LogP contribution is 2.36. The van der Waals surface area contributed by atoms with Crippen molar-refractivity contribution in [3.63, 3.8) is 0 Å². The molecule has 1 saturated heterocycles. The molecule has 34 heavy (non-hydrogen) atoms. The van der Waals surface area contributed by atoms with E-state index in [1.54, 1.807) is 7.05 Å². The maximum absolute atomic E-state index is 12.1. The van der Waals surface area contributed by atoms with Gasteiger partial charge in [-0.3, -0.25) is 9.89 Å². The first-order valence-electron chi connectivity index (χ1n) is 11.1. The number of hydrogen-bond donors (Lipinski definition) is 4. The number of carbonyl (C=O) groups excluding carboxylic acids is 1. The number of hydrogen-bond acceptors (Lipinski definition) is 7. The predicted octanol–water partition coefficient (Wildman–Crippen LogP) is 4.54. The molecule has 2 aromatic heterocycles. The quantitative estimate of drug-likeness (QED) is 0.375. The van der Waals surface area contributed by atoms with Gasteiger partial charge in [-0.2, -0.15) is 10.1 Å². The number of benzene rings is 1. The molecule has 0 unspecified atom stereocenters. The van der Waals surface area contributed by atoms with E-state index in [4.69, 9.17) is 23.2 Å². The molecule has 0 saturated carbocycles. The summed E-state index contributed by atoms with van der Waals surface area (Å²) in [6.07, 6.45) is 3.32. The van der Waals surface area contributed by atoms with Crippen molar-refractivity contribution in [3.8, 4) is 0 Å². The number of rotatable bonds is 7. The lowest BCUT2D eigenvalue weighted by atomic mass is 9.88. The molecule has 1 amide bonds. The third-order valence-electron chi connectivity index (χ3n) is 5.90. The van der Waals surface area contributed by atoms with Crippen molar-refractivity contribution in [2.24, 2.45) is 0 Å². The molecule has 1 aliphatic rings. The van der Waals surface area contributed by atoms with Crippen LogP contribution in [0.25, 0.3) is 0 Å². The third kappa shape index (κ3) is 5.60. The Bertz CT molecular complexity index is 1170. The summed E-state index contributed by atoms with van der Waals surface area (Å²) in [5.41, 5.74) is 3.88. The molecule has 0 bridgehead atoms. The molecule has 0 atom stereocenters. The van der Waals surface area contributed by atoms with E-state index in [9.17, 15) is 4.79 Å². The lowest BCUT2D eigenvalue weighted by Gasteiger charge is -2.33. The Morgan fingerprint density at radius 2 is 1.91 bits per heavy atom. The Balaban J connectivity index is 1.46. The van der Waals surface area contributed by atoms with Crippen LogP contribution in [0, 0.1) is 13.8 Å². The van der Waals surface area contributed by atoms with Crippen molar-refractivity contribution < 1.29 is 4.79 Å². The van der Waals surface area contributed by atoms with E-state index in [0.29, 0.717) is 40.1 Å². The molecule has 0 spiro atoms. The highest BCUT2D eigenvalue weighted by molar-refractivity contribution is 6.33. The van der Waals surface area contributed by atoms with Crippen molar-refractivity contribution in [1.82, 2.24) is 30.4 Å². The van der Waals surface area contributed by atoms with Crippen LogP contribution in [0.5, 0.6) is 0 Å². The molecule has 0 radical (unpaired) electrons. The Morgan fingerprint density at radius 3 is 2.59 bits per heavy atom. The molecule has 9 nitrogen and oxygen atoms in total. The van der Waals surface area contributed by atoms with Gasteiger partial charge in [-0.1, -0.05) is 29.3 Å². The van der Waals surface area contributed by atoms with Crippen LogP contribution in [0.15, 0.2) is 24.4 Å². The number of H-pyrrole nitrogens is 1. The highest BCUT2D eigenvalue weighted by atomic mass is 35.5. The van der Waals surface area contributed by atoms with Crippen LogP contribution in [-0.4, -0.2) is 57.7 Å². The summed E-state index contributed by atoms with van der Waals surface area (Å²) in [5, 5.41) is 17.4. The third-order valence-corrected chi connectivity index (χ3v) is 6.51. The molecule has 3 heterocycles. The predicted molar refractivity (Wildman–Crippen MR) is 136 cm³/mol. The zero-order valence-corrected chi connectivity index (χ0v) is 20.9. The topological polar surface area (TPSA) is 111 Å². The fourth-order valence-corrected chi connectivity index (χ4v) is 4.55. The summed E-state index contributed by atoms with van der Waals surface area (Å²) in [5.74, 6) is 1.92. The number of aryl methyl sites for hydroxylation is 2. The average Bonchev–Trinajstić information content (AvgIpc) is 3.23. The van der Waals surface area contributed by atoms with E-state index < -0.39 is 0 Å². The number of likely N-dealkylation sites (tertiary alicyclic amines) is 1. The number of aromatic nitrogens is 4. The highest BCUT2D eigenvalue weighted by Gasteiger charge is 2.25. The first-order valence-corrected chi connectivity index (χ1v) is 11.9. The van der Waals surface area contributed by atoms with Crippen molar-refractivity contribution in [2.45, 2.75) is 32.6 Å². The summed E-state index contributed by atoms with van der Waals surface area (Å²) in [7, 11) is 1.79. The van der Waals surface area contributed by atoms with Gasteiger partial charge in [0.2, 0.25) is 11.9 Å². The standard InChI is InChI=1S/C23H28Cl2N8O/c1-13-8-16(15-4-6-33(7-5-15)21(34)12-26-3)17(24)10-19(13)28-23-27-11-18(25)22(30-23)29-20-9-14(2)31-32-20/h8-11,15,26H,4-7,12H2,1-3H3,(H3,27,28,29,30,31,32). The van der Waals surface area contributed by atoms with Gasteiger partial charge in [0, 0.05) is 35.6 Å². The number of nitrogens with one attached hydrogen (secondary N) is 4. The summed E-state index contributed by atoms with van der Waals surface area (Å²) >= 11 is 13.0. The second-order valence-electron chi connectivity index (χ2n) is 8.45. The van der Waals surface area contributed by atoms with Gasteiger partial charge in [0.1, 0.15) is 5.02 Å². The van der Waals surface area contributed by atoms with E-state index in [1.165, 1.54) is 6.20 Å². The smallest absolute Gasteiger partial charge is 0.236 e. The van der Waals surface area contributed by atoms with Gasteiger partial charge in [-0.25, -0.2) is 4.98 Å². The van der Waals surface area contributed by atoms with E-state index in [0.717, 1.165) is 48.4 Å². The van der Waals surface area contributed by atoms with Crippen molar-refractivity contribution in [1.29, 1.82) is 0 Å². The molecule has 4 rings (SSSR count). The maximum Gasteiger partial charge on any atom is 0.236 e. The second-order valence-corrected chi connectivity index (χ2v) is 9.26. The Kier molecular flexibility index (Phi) is 7.55. The lowest BCUT2D eigenvalue weighted by molar-refractivity contribution is -0.131. The van der Waals surface area contributed by atoms with Crippen LogP contribution in [0.1, 0.15) is 35.6 Å². The second kappa shape index (κ2) is 10.6. The average molecular weight is 503 g/mol. The van der Waals surface area contributed by atoms with Crippen molar-refractivity contribution in [3.05, 3.63) is 51.3 Å². The minimum absolute atomic E-state index is 0.141. The zero-order chi connectivity index (χ0) is 24.2. The Labute approximate surface area is 208 Å². The number of anilines is 4. The molecule has 4 N–H and O–H groups in total. The summed E-state index contributed by atoms with van der Waals surface area (Å²) in [6.45, 7) is 5.79.